The number of hydrogen-bond donors (Lipinski definition) is 2. The van der Waals surface area contributed by atoms with E-state index in [-0.39, 0.29) is 5.41 Å². The number of hydrogen-bond acceptors (Lipinski definition) is 3. The molecule has 0 saturated carbocycles. The van der Waals surface area contributed by atoms with Crippen molar-refractivity contribution in [2.24, 2.45) is 5.41 Å². The summed E-state index contributed by atoms with van der Waals surface area (Å²) >= 11 is 0. The van der Waals surface area contributed by atoms with Gasteiger partial charge in [-0.15, -0.1) is 0 Å². The molecule has 0 atom stereocenters. The number of ether oxygens (including phenoxy) is 1. The van der Waals surface area contributed by atoms with E-state index in [4.69, 9.17) is 4.74 Å². The Morgan fingerprint density at radius 2 is 1.84 bits per heavy atom. The number of benzene rings is 1. The molecule has 1 aromatic carbocycles. The standard InChI is InChI=1S/C14H18N2O3/c1-10-3-5-11(6-4-10)16-13(18)12(17)15-7-14(2)8-19-9-14/h3-6H,7-9H2,1-2H3,(H,15,17)(H,16,18). The molecule has 1 saturated heterocycles. The molecule has 1 aromatic rings. The summed E-state index contributed by atoms with van der Waals surface area (Å²) in [6.07, 6.45) is 0. The second-order valence-corrected chi connectivity index (χ2v) is 5.31. The van der Waals surface area contributed by atoms with Crippen molar-refractivity contribution in [3.63, 3.8) is 0 Å². The van der Waals surface area contributed by atoms with Gasteiger partial charge in [0.2, 0.25) is 0 Å². The average Bonchev–Trinajstić information content (AvgIpc) is 2.36. The summed E-state index contributed by atoms with van der Waals surface area (Å²) in [7, 11) is 0. The Labute approximate surface area is 112 Å². The Hall–Kier alpha value is -1.88. The maximum atomic E-state index is 11.7. The van der Waals surface area contributed by atoms with Crippen LogP contribution in [0.2, 0.25) is 0 Å². The van der Waals surface area contributed by atoms with Gasteiger partial charge in [0.05, 0.1) is 13.2 Å². The fourth-order valence-corrected chi connectivity index (χ4v) is 1.75. The summed E-state index contributed by atoms with van der Waals surface area (Å²) in [5.41, 5.74) is 1.67. The predicted molar refractivity (Wildman–Crippen MR) is 71.7 cm³/mol. The SMILES string of the molecule is Cc1ccc(NC(=O)C(=O)NCC2(C)COC2)cc1. The van der Waals surface area contributed by atoms with Crippen molar-refractivity contribution in [1.29, 1.82) is 0 Å². The van der Waals surface area contributed by atoms with Crippen LogP contribution in [-0.2, 0) is 14.3 Å². The van der Waals surface area contributed by atoms with Crippen molar-refractivity contribution in [1.82, 2.24) is 5.32 Å². The van der Waals surface area contributed by atoms with Crippen LogP contribution in [0.4, 0.5) is 5.69 Å². The summed E-state index contributed by atoms with van der Waals surface area (Å²) in [4.78, 5) is 23.3. The lowest BCUT2D eigenvalue weighted by Crippen LogP contribution is -2.50. The molecule has 1 aliphatic rings. The third-order valence-electron chi connectivity index (χ3n) is 3.09. The van der Waals surface area contributed by atoms with E-state index in [9.17, 15) is 9.59 Å². The molecule has 1 fully saturated rings. The lowest BCUT2D eigenvalue weighted by Gasteiger charge is -2.37. The molecular formula is C14H18N2O3. The first kappa shape index (κ1) is 13.5. The summed E-state index contributed by atoms with van der Waals surface area (Å²) in [6, 6.07) is 7.28. The minimum Gasteiger partial charge on any atom is -0.380 e. The van der Waals surface area contributed by atoms with Crippen LogP contribution in [0.15, 0.2) is 24.3 Å². The Bertz CT molecular complexity index is 478. The van der Waals surface area contributed by atoms with Crippen molar-refractivity contribution in [3.05, 3.63) is 29.8 Å². The van der Waals surface area contributed by atoms with Gasteiger partial charge in [0.1, 0.15) is 0 Å². The van der Waals surface area contributed by atoms with Crippen molar-refractivity contribution >= 4 is 17.5 Å². The van der Waals surface area contributed by atoms with E-state index in [1.807, 2.05) is 26.0 Å². The van der Waals surface area contributed by atoms with Crippen LogP contribution in [0.3, 0.4) is 0 Å². The monoisotopic (exact) mass is 262 g/mol. The third kappa shape index (κ3) is 3.54. The second kappa shape index (κ2) is 5.40. The quantitative estimate of drug-likeness (QED) is 0.801. The van der Waals surface area contributed by atoms with E-state index in [1.54, 1.807) is 12.1 Å². The Kier molecular flexibility index (Phi) is 3.85. The first-order chi connectivity index (χ1) is 8.98. The Morgan fingerprint density at radius 1 is 1.21 bits per heavy atom. The van der Waals surface area contributed by atoms with E-state index >= 15 is 0 Å². The zero-order valence-corrected chi connectivity index (χ0v) is 11.2. The van der Waals surface area contributed by atoms with Gasteiger partial charge in [-0.3, -0.25) is 9.59 Å². The first-order valence-corrected chi connectivity index (χ1v) is 6.22. The molecule has 19 heavy (non-hydrogen) atoms. The number of aryl methyl sites for hydroxylation is 1. The van der Waals surface area contributed by atoms with E-state index < -0.39 is 11.8 Å². The number of amides is 2. The smallest absolute Gasteiger partial charge is 0.313 e. The second-order valence-electron chi connectivity index (χ2n) is 5.31. The molecule has 5 nitrogen and oxygen atoms in total. The molecule has 0 radical (unpaired) electrons. The lowest BCUT2D eigenvalue weighted by molar-refractivity contribution is -0.138. The van der Waals surface area contributed by atoms with Crippen molar-refractivity contribution in [2.75, 3.05) is 25.1 Å². The molecule has 2 rings (SSSR count). The number of carbonyl (C=O) groups is 2. The molecule has 1 heterocycles. The minimum absolute atomic E-state index is 0.0419. The zero-order valence-electron chi connectivity index (χ0n) is 11.2. The number of rotatable bonds is 3. The molecule has 102 valence electrons. The predicted octanol–water partition coefficient (Wildman–Crippen LogP) is 1.09. The molecule has 2 amide bonds. The van der Waals surface area contributed by atoms with Crippen LogP contribution in [0.5, 0.6) is 0 Å². The van der Waals surface area contributed by atoms with Crippen LogP contribution in [0.1, 0.15) is 12.5 Å². The van der Waals surface area contributed by atoms with Gasteiger partial charge in [0.15, 0.2) is 0 Å². The van der Waals surface area contributed by atoms with Gasteiger partial charge in [-0.25, -0.2) is 0 Å². The summed E-state index contributed by atoms with van der Waals surface area (Å²) < 4.78 is 5.09. The molecular weight excluding hydrogens is 244 g/mol. The summed E-state index contributed by atoms with van der Waals surface area (Å²) in [5.74, 6) is -1.26. The maximum Gasteiger partial charge on any atom is 0.313 e. The van der Waals surface area contributed by atoms with Crippen LogP contribution in [0, 0.1) is 12.3 Å². The molecule has 0 unspecified atom stereocenters. The fraction of sp³-hybridized carbons (Fsp3) is 0.429. The molecule has 0 bridgehead atoms. The minimum atomic E-state index is -0.646. The highest BCUT2D eigenvalue weighted by Gasteiger charge is 2.34. The highest BCUT2D eigenvalue weighted by molar-refractivity contribution is 6.39. The molecule has 1 aliphatic heterocycles. The van der Waals surface area contributed by atoms with Gasteiger partial charge < -0.3 is 15.4 Å². The van der Waals surface area contributed by atoms with E-state index in [0.29, 0.717) is 25.4 Å². The normalized spacial score (nSPS) is 16.3. The van der Waals surface area contributed by atoms with Gasteiger partial charge in [-0.1, -0.05) is 24.6 Å². The molecule has 5 heteroatoms. The van der Waals surface area contributed by atoms with E-state index in [1.165, 1.54) is 0 Å². The molecule has 2 N–H and O–H groups in total. The Balaban J connectivity index is 1.82. The van der Waals surface area contributed by atoms with E-state index in [2.05, 4.69) is 10.6 Å². The highest BCUT2D eigenvalue weighted by Crippen LogP contribution is 2.24. The van der Waals surface area contributed by atoms with Crippen molar-refractivity contribution < 1.29 is 14.3 Å². The van der Waals surface area contributed by atoms with Gasteiger partial charge in [0, 0.05) is 17.6 Å². The highest BCUT2D eigenvalue weighted by atomic mass is 16.5. The van der Waals surface area contributed by atoms with Crippen LogP contribution in [-0.4, -0.2) is 31.6 Å². The van der Waals surface area contributed by atoms with Gasteiger partial charge in [0.25, 0.3) is 0 Å². The van der Waals surface area contributed by atoms with Crippen LogP contribution >= 0.6 is 0 Å². The lowest BCUT2D eigenvalue weighted by atomic mass is 9.89. The fourth-order valence-electron chi connectivity index (χ4n) is 1.75. The number of carbonyl (C=O) groups excluding carboxylic acids is 2. The number of nitrogens with one attached hydrogen (secondary N) is 2. The number of anilines is 1. The van der Waals surface area contributed by atoms with E-state index in [0.717, 1.165) is 5.56 Å². The average molecular weight is 262 g/mol. The molecule has 0 aromatic heterocycles. The van der Waals surface area contributed by atoms with Gasteiger partial charge >= 0.3 is 11.8 Å². The largest absolute Gasteiger partial charge is 0.380 e. The Morgan fingerprint density at radius 3 is 2.37 bits per heavy atom. The van der Waals surface area contributed by atoms with Gasteiger partial charge in [-0.2, -0.15) is 0 Å². The summed E-state index contributed by atoms with van der Waals surface area (Å²) in [5, 5.41) is 5.18. The zero-order chi connectivity index (χ0) is 13.9. The van der Waals surface area contributed by atoms with Gasteiger partial charge in [-0.05, 0) is 19.1 Å². The topological polar surface area (TPSA) is 67.4 Å². The van der Waals surface area contributed by atoms with Crippen molar-refractivity contribution in [2.45, 2.75) is 13.8 Å². The summed E-state index contributed by atoms with van der Waals surface area (Å²) in [6.45, 7) is 5.65. The van der Waals surface area contributed by atoms with Crippen LogP contribution < -0.4 is 10.6 Å². The van der Waals surface area contributed by atoms with Crippen molar-refractivity contribution in [3.8, 4) is 0 Å². The molecule has 0 aliphatic carbocycles. The first-order valence-electron chi connectivity index (χ1n) is 6.22. The van der Waals surface area contributed by atoms with Crippen LogP contribution in [0.25, 0.3) is 0 Å². The third-order valence-corrected chi connectivity index (χ3v) is 3.09. The maximum absolute atomic E-state index is 11.7. The molecule has 0 spiro atoms.